The average molecular weight is 296 g/mol. The number of hydrogen-bond acceptors (Lipinski definition) is 4. The van der Waals surface area contributed by atoms with E-state index in [1.165, 1.54) is 0 Å². The number of benzene rings is 2. The van der Waals surface area contributed by atoms with E-state index in [-0.39, 0.29) is 0 Å². The van der Waals surface area contributed by atoms with Gasteiger partial charge in [-0.05, 0) is 17.7 Å². The van der Waals surface area contributed by atoms with Crippen LogP contribution in [0.4, 0.5) is 0 Å². The number of para-hydroxylation sites is 2. The number of hydrogen-bond donors (Lipinski definition) is 2. The number of fused-ring (bicyclic) bond motifs is 1. The molecule has 98 valence electrons. The van der Waals surface area contributed by atoms with E-state index in [0.29, 0.717) is 0 Å². The quantitative estimate of drug-likeness (QED) is 0.689. The molecule has 20 heavy (non-hydrogen) atoms. The first-order valence-electron chi connectivity index (χ1n) is 6.15. The molecular formula is C16H12N2S2. The topological polar surface area (TPSA) is 25.8 Å². The van der Waals surface area contributed by atoms with Gasteiger partial charge in [-0.2, -0.15) is 0 Å². The Balaban J connectivity index is 2.10. The molecule has 0 aliphatic carbocycles. The third-order valence-electron chi connectivity index (χ3n) is 2.96. The molecule has 0 atom stereocenters. The molecule has 0 saturated carbocycles. The predicted molar refractivity (Wildman–Crippen MR) is 90.8 cm³/mol. The highest BCUT2D eigenvalue weighted by atomic mass is 32.1. The molecule has 0 aliphatic heterocycles. The van der Waals surface area contributed by atoms with Crippen LogP contribution >= 0.6 is 25.3 Å². The predicted octanol–water partition coefficient (Wildman–Crippen LogP) is 4.32. The lowest BCUT2D eigenvalue weighted by molar-refractivity contribution is 1.26. The van der Waals surface area contributed by atoms with Gasteiger partial charge in [0.25, 0.3) is 0 Å². The van der Waals surface area contributed by atoms with E-state index in [2.05, 4.69) is 35.2 Å². The maximum absolute atomic E-state index is 4.58. The van der Waals surface area contributed by atoms with Crippen LogP contribution in [0, 0.1) is 0 Å². The summed E-state index contributed by atoms with van der Waals surface area (Å²) in [5, 5.41) is 0. The fourth-order valence-electron chi connectivity index (χ4n) is 1.93. The van der Waals surface area contributed by atoms with Crippen LogP contribution in [-0.2, 0) is 0 Å². The lowest BCUT2D eigenvalue weighted by atomic mass is 10.2. The Morgan fingerprint density at radius 2 is 1.40 bits per heavy atom. The molecule has 2 aromatic carbocycles. The van der Waals surface area contributed by atoms with E-state index in [1.54, 1.807) is 6.20 Å². The molecule has 1 heterocycles. The monoisotopic (exact) mass is 296 g/mol. The maximum Gasteiger partial charge on any atom is 0.0965 e. The summed E-state index contributed by atoms with van der Waals surface area (Å²) in [6.45, 7) is 0. The molecular weight excluding hydrogens is 284 g/mol. The van der Waals surface area contributed by atoms with Gasteiger partial charge in [-0.1, -0.05) is 42.5 Å². The van der Waals surface area contributed by atoms with E-state index < -0.39 is 0 Å². The van der Waals surface area contributed by atoms with Gasteiger partial charge in [0, 0.05) is 9.81 Å². The summed E-state index contributed by atoms with van der Waals surface area (Å²) in [7, 11) is 0. The number of nitrogens with zero attached hydrogens (tertiary/aromatic N) is 2. The minimum absolute atomic E-state index is 0.720. The molecule has 0 aliphatic rings. The Morgan fingerprint density at radius 3 is 2.15 bits per heavy atom. The van der Waals surface area contributed by atoms with Crippen molar-refractivity contribution in [1.82, 2.24) is 9.97 Å². The molecule has 3 rings (SSSR count). The van der Waals surface area contributed by atoms with Crippen molar-refractivity contribution in [2.75, 3.05) is 0 Å². The highest BCUT2D eigenvalue weighted by Crippen LogP contribution is 2.31. The van der Waals surface area contributed by atoms with Crippen molar-refractivity contribution in [3.8, 4) is 0 Å². The van der Waals surface area contributed by atoms with Crippen LogP contribution in [0.2, 0.25) is 0 Å². The largest absolute Gasteiger partial charge is 0.252 e. The standard InChI is InChI=1S/C16H12N2S2/c19-15(11-6-2-1-3-7-11)16(20)14-10-17-12-8-4-5-9-13(12)18-14/h1-10,19-20H/b16-15+. The van der Waals surface area contributed by atoms with Crippen molar-refractivity contribution in [3.63, 3.8) is 0 Å². The summed E-state index contributed by atoms with van der Waals surface area (Å²) in [6.07, 6.45) is 1.73. The van der Waals surface area contributed by atoms with Gasteiger partial charge in [-0.3, -0.25) is 4.98 Å². The smallest absolute Gasteiger partial charge is 0.0965 e. The first kappa shape index (κ1) is 13.2. The molecule has 1 aromatic heterocycles. The second kappa shape index (κ2) is 5.69. The molecule has 4 heteroatoms. The summed E-state index contributed by atoms with van der Waals surface area (Å²) in [5.41, 5.74) is 3.46. The summed E-state index contributed by atoms with van der Waals surface area (Å²) in [5.74, 6) is 0. The van der Waals surface area contributed by atoms with Gasteiger partial charge in [-0.15, -0.1) is 25.3 Å². The Hall–Kier alpha value is -1.78. The lowest BCUT2D eigenvalue weighted by Gasteiger charge is -2.06. The van der Waals surface area contributed by atoms with Gasteiger partial charge in [0.15, 0.2) is 0 Å². The Morgan fingerprint density at radius 1 is 0.750 bits per heavy atom. The molecule has 0 bridgehead atoms. The van der Waals surface area contributed by atoms with Crippen molar-refractivity contribution in [3.05, 3.63) is 72.1 Å². The molecule has 0 radical (unpaired) electrons. The fraction of sp³-hybridized carbons (Fsp3) is 0. The minimum Gasteiger partial charge on any atom is -0.252 e. The van der Waals surface area contributed by atoms with Crippen LogP contribution in [0.15, 0.2) is 60.8 Å². The van der Waals surface area contributed by atoms with Gasteiger partial charge in [-0.25, -0.2) is 4.98 Å². The normalized spacial score (nSPS) is 12.3. The van der Waals surface area contributed by atoms with Gasteiger partial charge < -0.3 is 0 Å². The van der Waals surface area contributed by atoms with Crippen LogP contribution in [0.25, 0.3) is 20.8 Å². The first-order chi connectivity index (χ1) is 9.75. The second-order valence-corrected chi connectivity index (χ2v) is 5.20. The SMILES string of the molecule is S/C(=C(/S)c1cnc2ccccc2n1)c1ccccc1. The highest BCUT2D eigenvalue weighted by Gasteiger charge is 2.07. The van der Waals surface area contributed by atoms with Gasteiger partial charge in [0.05, 0.1) is 22.9 Å². The van der Waals surface area contributed by atoms with Crippen LogP contribution in [0.5, 0.6) is 0 Å². The third-order valence-corrected chi connectivity index (χ3v) is 4.07. The summed E-state index contributed by atoms with van der Waals surface area (Å²) in [6, 6.07) is 17.7. The molecule has 0 saturated heterocycles. The maximum atomic E-state index is 4.58. The summed E-state index contributed by atoms with van der Waals surface area (Å²) >= 11 is 9.11. The van der Waals surface area contributed by atoms with E-state index in [1.807, 2.05) is 54.6 Å². The van der Waals surface area contributed by atoms with Gasteiger partial charge in [0.2, 0.25) is 0 Å². The van der Waals surface area contributed by atoms with Crippen LogP contribution < -0.4 is 0 Å². The molecule has 0 spiro atoms. The summed E-state index contributed by atoms with van der Waals surface area (Å²) in [4.78, 5) is 10.5. The Kier molecular flexibility index (Phi) is 3.76. The van der Waals surface area contributed by atoms with Gasteiger partial charge in [0.1, 0.15) is 0 Å². The minimum atomic E-state index is 0.720. The van der Waals surface area contributed by atoms with Crippen molar-refractivity contribution in [2.45, 2.75) is 0 Å². The summed E-state index contributed by atoms with van der Waals surface area (Å²) < 4.78 is 0. The molecule has 0 unspecified atom stereocenters. The van der Waals surface area contributed by atoms with Gasteiger partial charge >= 0.3 is 0 Å². The molecule has 0 fully saturated rings. The van der Waals surface area contributed by atoms with Crippen molar-refractivity contribution in [2.24, 2.45) is 0 Å². The van der Waals surface area contributed by atoms with Crippen LogP contribution in [0.1, 0.15) is 11.3 Å². The number of aromatic nitrogens is 2. The van der Waals surface area contributed by atoms with E-state index in [9.17, 15) is 0 Å². The Labute approximate surface area is 128 Å². The molecule has 0 amide bonds. The second-order valence-electron chi connectivity index (χ2n) is 4.31. The highest BCUT2D eigenvalue weighted by molar-refractivity contribution is 7.96. The lowest BCUT2D eigenvalue weighted by Crippen LogP contribution is -1.91. The first-order valence-corrected chi connectivity index (χ1v) is 7.05. The van der Waals surface area contributed by atoms with E-state index in [4.69, 9.17) is 0 Å². The van der Waals surface area contributed by atoms with E-state index >= 15 is 0 Å². The fourth-order valence-corrected chi connectivity index (χ4v) is 2.43. The zero-order chi connectivity index (χ0) is 13.9. The van der Waals surface area contributed by atoms with Crippen molar-refractivity contribution in [1.29, 1.82) is 0 Å². The van der Waals surface area contributed by atoms with Crippen LogP contribution in [0.3, 0.4) is 0 Å². The molecule has 2 nitrogen and oxygen atoms in total. The number of rotatable bonds is 2. The van der Waals surface area contributed by atoms with E-state index in [0.717, 1.165) is 32.1 Å². The van der Waals surface area contributed by atoms with Crippen molar-refractivity contribution < 1.29 is 0 Å². The molecule has 3 aromatic rings. The number of thiol groups is 2. The Bertz CT molecular complexity index is 783. The zero-order valence-electron chi connectivity index (χ0n) is 10.6. The van der Waals surface area contributed by atoms with Crippen LogP contribution in [-0.4, -0.2) is 9.97 Å². The molecule has 0 N–H and O–H groups in total. The third kappa shape index (κ3) is 2.57. The zero-order valence-corrected chi connectivity index (χ0v) is 12.4. The van der Waals surface area contributed by atoms with Crippen molar-refractivity contribution >= 4 is 46.1 Å². The average Bonchev–Trinajstić information content (AvgIpc) is 2.54.